The lowest BCUT2D eigenvalue weighted by Gasteiger charge is -2.31. The minimum Gasteiger partial charge on any atom is -0.341 e. The fourth-order valence-corrected chi connectivity index (χ4v) is 3.64. The minimum atomic E-state index is -3.18. The average Bonchev–Trinajstić information content (AvgIpc) is 3.03. The highest BCUT2D eigenvalue weighted by molar-refractivity contribution is 7.89. The Morgan fingerprint density at radius 1 is 1.44 bits per heavy atom. The van der Waals surface area contributed by atoms with Crippen molar-refractivity contribution in [1.29, 1.82) is 0 Å². The Morgan fingerprint density at radius 3 is 2.96 bits per heavy atom. The largest absolute Gasteiger partial charge is 0.341 e. The van der Waals surface area contributed by atoms with Crippen LogP contribution in [0.15, 0.2) is 24.3 Å². The standard InChI is InChI=1S/C17H23FN4O2S/c1-3-25(23,24)19-10-12(2)22-8-7-15-16(11-22)21-17(20-15)13-5-4-6-14(18)9-13/h4-6,9,12,19H,3,7-8,10-11H2,1-2H3,(H,20,21)/t12-/m1/s1. The second-order valence-electron chi connectivity index (χ2n) is 6.34. The van der Waals surface area contributed by atoms with Crippen molar-refractivity contribution < 1.29 is 12.8 Å². The van der Waals surface area contributed by atoms with Crippen molar-refractivity contribution in [2.24, 2.45) is 0 Å². The summed E-state index contributed by atoms with van der Waals surface area (Å²) in [5.41, 5.74) is 2.73. The monoisotopic (exact) mass is 366 g/mol. The lowest BCUT2D eigenvalue weighted by atomic mass is 10.1. The van der Waals surface area contributed by atoms with Crippen LogP contribution in [0.3, 0.4) is 0 Å². The highest BCUT2D eigenvalue weighted by Gasteiger charge is 2.24. The van der Waals surface area contributed by atoms with E-state index in [0.717, 1.165) is 29.9 Å². The molecule has 0 bridgehead atoms. The van der Waals surface area contributed by atoms with Gasteiger partial charge in [-0.05, 0) is 26.0 Å². The van der Waals surface area contributed by atoms with E-state index in [9.17, 15) is 12.8 Å². The van der Waals surface area contributed by atoms with Gasteiger partial charge in [-0.1, -0.05) is 12.1 Å². The van der Waals surface area contributed by atoms with E-state index in [1.54, 1.807) is 13.0 Å². The molecule has 25 heavy (non-hydrogen) atoms. The molecule has 1 aliphatic rings. The molecule has 0 unspecified atom stereocenters. The van der Waals surface area contributed by atoms with E-state index >= 15 is 0 Å². The molecule has 136 valence electrons. The minimum absolute atomic E-state index is 0.0791. The SMILES string of the molecule is CCS(=O)(=O)NC[C@@H](C)N1CCc2nc(-c3cccc(F)c3)[nH]c2C1. The molecule has 0 fully saturated rings. The van der Waals surface area contributed by atoms with Gasteiger partial charge >= 0.3 is 0 Å². The predicted octanol–water partition coefficient (Wildman–Crippen LogP) is 1.90. The molecule has 2 N–H and O–H groups in total. The number of sulfonamides is 1. The van der Waals surface area contributed by atoms with Crippen molar-refractivity contribution in [2.75, 3.05) is 18.8 Å². The Kier molecular flexibility index (Phi) is 5.21. The van der Waals surface area contributed by atoms with E-state index in [1.165, 1.54) is 12.1 Å². The zero-order chi connectivity index (χ0) is 18.0. The van der Waals surface area contributed by atoms with Crippen molar-refractivity contribution in [2.45, 2.75) is 32.9 Å². The van der Waals surface area contributed by atoms with Crippen LogP contribution in [0, 0.1) is 5.82 Å². The quantitative estimate of drug-likeness (QED) is 0.819. The van der Waals surface area contributed by atoms with Crippen LogP contribution in [0.5, 0.6) is 0 Å². The Balaban J connectivity index is 1.69. The third-order valence-corrected chi connectivity index (χ3v) is 5.93. The van der Waals surface area contributed by atoms with Gasteiger partial charge in [-0.25, -0.2) is 22.5 Å². The third-order valence-electron chi connectivity index (χ3n) is 4.56. The molecule has 3 rings (SSSR count). The summed E-state index contributed by atoms with van der Waals surface area (Å²) in [5.74, 6) is 0.470. The molecule has 1 aliphatic heterocycles. The highest BCUT2D eigenvalue weighted by atomic mass is 32.2. The Bertz CT molecular complexity index is 850. The lowest BCUT2D eigenvalue weighted by Crippen LogP contribution is -2.44. The second-order valence-corrected chi connectivity index (χ2v) is 8.44. The molecule has 0 saturated carbocycles. The molecular weight excluding hydrogens is 343 g/mol. The van der Waals surface area contributed by atoms with Gasteiger partial charge < -0.3 is 4.98 Å². The second kappa shape index (κ2) is 7.23. The van der Waals surface area contributed by atoms with Gasteiger partial charge in [0.1, 0.15) is 11.6 Å². The summed E-state index contributed by atoms with van der Waals surface area (Å²) in [7, 11) is -3.18. The van der Waals surface area contributed by atoms with E-state index in [0.29, 0.717) is 18.9 Å². The van der Waals surface area contributed by atoms with Gasteiger partial charge in [0.05, 0.1) is 17.1 Å². The normalized spacial score (nSPS) is 16.6. The summed E-state index contributed by atoms with van der Waals surface area (Å²) in [4.78, 5) is 10.1. The van der Waals surface area contributed by atoms with Crippen LogP contribution in [-0.2, 0) is 23.0 Å². The van der Waals surface area contributed by atoms with Gasteiger partial charge in [0.25, 0.3) is 0 Å². The van der Waals surface area contributed by atoms with Gasteiger partial charge in [-0.2, -0.15) is 0 Å². The van der Waals surface area contributed by atoms with Crippen LogP contribution in [0.25, 0.3) is 11.4 Å². The summed E-state index contributed by atoms with van der Waals surface area (Å²) in [6.07, 6.45) is 0.784. The van der Waals surface area contributed by atoms with Gasteiger partial charge in [0.2, 0.25) is 10.0 Å². The number of imidazole rings is 1. The first kappa shape index (κ1) is 18.0. The number of hydrogen-bond acceptors (Lipinski definition) is 4. The van der Waals surface area contributed by atoms with E-state index in [-0.39, 0.29) is 17.6 Å². The van der Waals surface area contributed by atoms with Crippen LogP contribution < -0.4 is 4.72 Å². The topological polar surface area (TPSA) is 78.1 Å². The van der Waals surface area contributed by atoms with Crippen LogP contribution in [0.1, 0.15) is 25.2 Å². The van der Waals surface area contributed by atoms with E-state index < -0.39 is 10.0 Å². The predicted molar refractivity (Wildman–Crippen MR) is 95.0 cm³/mol. The number of nitrogens with one attached hydrogen (secondary N) is 2. The van der Waals surface area contributed by atoms with E-state index in [4.69, 9.17) is 0 Å². The number of H-pyrrole nitrogens is 1. The summed E-state index contributed by atoms with van der Waals surface area (Å²) in [5, 5.41) is 0. The molecule has 0 spiro atoms. The van der Waals surface area contributed by atoms with Crippen LogP contribution >= 0.6 is 0 Å². The molecule has 1 atom stereocenters. The molecule has 8 heteroatoms. The fourth-order valence-electron chi connectivity index (χ4n) is 2.94. The number of nitrogens with zero attached hydrogens (tertiary/aromatic N) is 2. The average molecular weight is 366 g/mol. The molecular formula is C17H23FN4O2S. The summed E-state index contributed by atoms with van der Waals surface area (Å²) >= 11 is 0. The number of hydrogen-bond donors (Lipinski definition) is 2. The lowest BCUT2D eigenvalue weighted by molar-refractivity contribution is 0.189. The van der Waals surface area contributed by atoms with Crippen molar-refractivity contribution in [3.05, 3.63) is 41.5 Å². The summed E-state index contributed by atoms with van der Waals surface area (Å²) in [6.45, 7) is 5.50. The Hall–Kier alpha value is -1.77. The van der Waals surface area contributed by atoms with Crippen LogP contribution in [-0.4, -0.2) is 48.2 Å². The van der Waals surface area contributed by atoms with Crippen LogP contribution in [0.2, 0.25) is 0 Å². The smallest absolute Gasteiger partial charge is 0.211 e. The zero-order valence-corrected chi connectivity index (χ0v) is 15.2. The molecule has 1 aromatic heterocycles. The van der Waals surface area contributed by atoms with Gasteiger partial charge in [-0.3, -0.25) is 4.90 Å². The zero-order valence-electron chi connectivity index (χ0n) is 14.4. The molecule has 2 heterocycles. The number of fused-ring (bicyclic) bond motifs is 1. The van der Waals surface area contributed by atoms with E-state index in [2.05, 4.69) is 19.6 Å². The molecule has 2 aromatic rings. The number of benzene rings is 1. The highest BCUT2D eigenvalue weighted by Crippen LogP contribution is 2.24. The summed E-state index contributed by atoms with van der Waals surface area (Å²) < 4.78 is 39.2. The number of halogens is 1. The first-order valence-electron chi connectivity index (χ1n) is 8.43. The van der Waals surface area contributed by atoms with Gasteiger partial charge in [-0.15, -0.1) is 0 Å². The van der Waals surface area contributed by atoms with Gasteiger partial charge in [0.15, 0.2) is 0 Å². The Morgan fingerprint density at radius 2 is 2.24 bits per heavy atom. The number of rotatable bonds is 6. The Labute approximate surface area is 147 Å². The molecule has 0 radical (unpaired) electrons. The molecule has 0 amide bonds. The van der Waals surface area contributed by atoms with Crippen molar-refractivity contribution >= 4 is 10.0 Å². The van der Waals surface area contributed by atoms with Crippen molar-refractivity contribution in [3.8, 4) is 11.4 Å². The van der Waals surface area contributed by atoms with E-state index in [1.807, 2.05) is 13.0 Å². The number of aromatic amines is 1. The summed E-state index contributed by atoms with van der Waals surface area (Å²) in [6, 6.07) is 6.45. The molecule has 0 saturated heterocycles. The van der Waals surface area contributed by atoms with Gasteiger partial charge in [0, 0.05) is 37.7 Å². The molecule has 0 aliphatic carbocycles. The molecule has 1 aromatic carbocycles. The van der Waals surface area contributed by atoms with Crippen molar-refractivity contribution in [1.82, 2.24) is 19.6 Å². The maximum Gasteiger partial charge on any atom is 0.211 e. The van der Waals surface area contributed by atoms with Crippen molar-refractivity contribution in [3.63, 3.8) is 0 Å². The number of aromatic nitrogens is 2. The fraction of sp³-hybridized carbons (Fsp3) is 0.471. The molecule has 6 nitrogen and oxygen atoms in total. The first-order valence-corrected chi connectivity index (χ1v) is 10.1. The third kappa shape index (κ3) is 4.26. The first-order chi connectivity index (χ1) is 11.9. The maximum atomic E-state index is 13.4. The van der Waals surface area contributed by atoms with Crippen LogP contribution in [0.4, 0.5) is 4.39 Å². The maximum absolute atomic E-state index is 13.4.